The highest BCUT2D eigenvalue weighted by Crippen LogP contribution is 2.25. The Kier molecular flexibility index (Phi) is 5.40. The largest absolute Gasteiger partial charge is 0.343 e. The lowest BCUT2D eigenvalue weighted by Gasteiger charge is -2.08. The fourth-order valence-electron chi connectivity index (χ4n) is 1.49. The summed E-state index contributed by atoms with van der Waals surface area (Å²) < 4.78 is 0.769. The number of rotatable bonds is 4. The first-order valence-corrected chi connectivity index (χ1v) is 7.00. The van der Waals surface area contributed by atoms with Gasteiger partial charge in [0.05, 0.1) is 11.6 Å². The number of carbonyl (C=O) groups is 1. The Balaban J connectivity index is 1.79. The first-order valence-electron chi connectivity index (χ1n) is 5.83. The minimum absolute atomic E-state index is 0.301. The summed E-state index contributed by atoms with van der Waals surface area (Å²) >= 11 is 9.21. The summed E-state index contributed by atoms with van der Waals surface area (Å²) in [6.07, 6.45) is 0. The molecular weight excluding hydrogens is 344 g/mol. The van der Waals surface area contributed by atoms with E-state index in [2.05, 4.69) is 26.7 Å². The number of nitrogens with one attached hydrogen (secondary N) is 2. The van der Waals surface area contributed by atoms with Gasteiger partial charge in [-0.25, -0.2) is 10.3 Å². The lowest BCUT2D eigenvalue weighted by Crippen LogP contribution is -2.28. The Bertz CT molecular complexity index is 593. The van der Waals surface area contributed by atoms with Gasteiger partial charge in [0.15, 0.2) is 0 Å². The van der Waals surface area contributed by atoms with Crippen LogP contribution >= 0.6 is 27.5 Å². The maximum atomic E-state index is 11.6. The van der Waals surface area contributed by atoms with Crippen molar-refractivity contribution in [3.63, 3.8) is 0 Å². The molecule has 0 aliphatic carbocycles. The summed E-state index contributed by atoms with van der Waals surface area (Å²) in [4.78, 5) is 16.7. The molecule has 20 heavy (non-hydrogen) atoms. The Labute approximate surface area is 130 Å². The van der Waals surface area contributed by atoms with Crippen molar-refractivity contribution in [3.05, 3.63) is 63.6 Å². The van der Waals surface area contributed by atoms with E-state index in [0.29, 0.717) is 17.3 Å². The van der Waals surface area contributed by atoms with Crippen LogP contribution in [0.5, 0.6) is 0 Å². The van der Waals surface area contributed by atoms with E-state index in [1.165, 1.54) is 0 Å². The fraction of sp³-hybridized carbons (Fsp3) is 0.0714. The standard InChI is InChI=1S/C14H12BrClN2O2/c15-12-7-6-11(8-13(12)16)17-14(19)18-20-9-10-4-2-1-3-5-10/h1-8H,9H2,(H2,17,18,19). The van der Waals surface area contributed by atoms with E-state index in [1.54, 1.807) is 18.2 Å². The summed E-state index contributed by atoms with van der Waals surface area (Å²) in [7, 11) is 0. The molecule has 2 rings (SSSR count). The van der Waals surface area contributed by atoms with Crippen LogP contribution in [0.25, 0.3) is 0 Å². The minimum Gasteiger partial charge on any atom is -0.306 e. The number of amides is 2. The van der Waals surface area contributed by atoms with Crippen molar-refractivity contribution in [2.45, 2.75) is 6.61 Å². The number of anilines is 1. The molecule has 0 bridgehead atoms. The summed E-state index contributed by atoms with van der Waals surface area (Å²) in [6, 6.07) is 14.2. The van der Waals surface area contributed by atoms with E-state index in [4.69, 9.17) is 16.4 Å². The molecule has 0 spiro atoms. The zero-order valence-corrected chi connectivity index (χ0v) is 12.7. The average Bonchev–Trinajstić information content (AvgIpc) is 2.44. The quantitative estimate of drug-likeness (QED) is 0.801. The zero-order chi connectivity index (χ0) is 14.4. The van der Waals surface area contributed by atoms with Crippen LogP contribution in [0.2, 0.25) is 5.02 Å². The van der Waals surface area contributed by atoms with Gasteiger partial charge in [0, 0.05) is 10.2 Å². The lowest BCUT2D eigenvalue weighted by molar-refractivity contribution is 0.0536. The molecule has 0 radical (unpaired) electrons. The predicted molar refractivity (Wildman–Crippen MR) is 82.5 cm³/mol. The summed E-state index contributed by atoms with van der Waals surface area (Å²) in [5, 5.41) is 3.14. The average molecular weight is 356 g/mol. The second-order valence-electron chi connectivity index (χ2n) is 3.96. The van der Waals surface area contributed by atoms with Crippen LogP contribution in [0.3, 0.4) is 0 Å². The molecule has 2 aromatic rings. The van der Waals surface area contributed by atoms with Crippen LogP contribution in [0.15, 0.2) is 53.0 Å². The molecule has 0 aliphatic heterocycles. The molecule has 6 heteroatoms. The zero-order valence-electron chi connectivity index (χ0n) is 10.4. The highest BCUT2D eigenvalue weighted by Gasteiger charge is 2.04. The molecular formula is C14H12BrClN2O2. The molecule has 2 aromatic carbocycles. The number of hydrogen-bond donors (Lipinski definition) is 2. The van der Waals surface area contributed by atoms with Crippen LogP contribution < -0.4 is 10.8 Å². The Morgan fingerprint density at radius 3 is 2.65 bits per heavy atom. The van der Waals surface area contributed by atoms with Gasteiger partial charge < -0.3 is 5.32 Å². The highest BCUT2D eigenvalue weighted by atomic mass is 79.9. The maximum Gasteiger partial charge on any atom is 0.343 e. The number of hydroxylamine groups is 1. The molecule has 2 amide bonds. The van der Waals surface area contributed by atoms with Crippen molar-refractivity contribution in [2.24, 2.45) is 0 Å². The van der Waals surface area contributed by atoms with Gasteiger partial charge in [-0.15, -0.1) is 0 Å². The van der Waals surface area contributed by atoms with Crippen LogP contribution in [0, 0.1) is 0 Å². The molecule has 0 fully saturated rings. The number of hydrogen-bond acceptors (Lipinski definition) is 2. The van der Waals surface area contributed by atoms with Gasteiger partial charge in [0.25, 0.3) is 0 Å². The van der Waals surface area contributed by atoms with Crippen LogP contribution in [0.1, 0.15) is 5.56 Å². The van der Waals surface area contributed by atoms with Crippen LogP contribution in [-0.4, -0.2) is 6.03 Å². The van der Waals surface area contributed by atoms with Crippen molar-refractivity contribution in [2.75, 3.05) is 5.32 Å². The summed E-state index contributed by atoms with van der Waals surface area (Å²) in [5.41, 5.74) is 3.86. The first kappa shape index (κ1) is 14.8. The Morgan fingerprint density at radius 2 is 1.95 bits per heavy atom. The van der Waals surface area contributed by atoms with Gasteiger partial charge in [-0.3, -0.25) is 4.84 Å². The first-order chi connectivity index (χ1) is 9.65. The highest BCUT2D eigenvalue weighted by molar-refractivity contribution is 9.10. The van der Waals surface area contributed by atoms with E-state index in [1.807, 2.05) is 30.3 Å². The number of benzene rings is 2. The van der Waals surface area contributed by atoms with E-state index in [-0.39, 0.29) is 0 Å². The van der Waals surface area contributed by atoms with Crippen molar-refractivity contribution in [1.29, 1.82) is 0 Å². The predicted octanol–water partition coefficient (Wildman–Crippen LogP) is 4.36. The SMILES string of the molecule is O=C(NOCc1ccccc1)Nc1ccc(Br)c(Cl)c1. The molecule has 0 saturated carbocycles. The minimum atomic E-state index is -0.459. The van der Waals surface area contributed by atoms with Gasteiger partial charge >= 0.3 is 6.03 Å². The lowest BCUT2D eigenvalue weighted by atomic mass is 10.2. The molecule has 0 heterocycles. The second kappa shape index (κ2) is 7.28. The number of carbonyl (C=O) groups excluding carboxylic acids is 1. The molecule has 0 saturated heterocycles. The van der Waals surface area contributed by atoms with Crippen LogP contribution in [0.4, 0.5) is 10.5 Å². The molecule has 104 valence electrons. The summed E-state index contributed by atoms with van der Waals surface area (Å²) in [5.74, 6) is 0. The molecule has 0 atom stereocenters. The van der Waals surface area contributed by atoms with E-state index in [0.717, 1.165) is 10.0 Å². The third kappa shape index (κ3) is 4.52. The smallest absolute Gasteiger partial charge is 0.306 e. The Morgan fingerprint density at radius 1 is 1.20 bits per heavy atom. The van der Waals surface area contributed by atoms with E-state index < -0.39 is 6.03 Å². The molecule has 0 aliphatic rings. The maximum absolute atomic E-state index is 11.6. The van der Waals surface area contributed by atoms with Gasteiger partial charge in [0.1, 0.15) is 0 Å². The van der Waals surface area contributed by atoms with Gasteiger partial charge in [-0.1, -0.05) is 41.9 Å². The van der Waals surface area contributed by atoms with E-state index in [9.17, 15) is 4.79 Å². The third-order valence-corrected chi connectivity index (χ3v) is 3.66. The molecule has 0 unspecified atom stereocenters. The number of halogens is 2. The molecule has 0 aromatic heterocycles. The van der Waals surface area contributed by atoms with Crippen molar-refractivity contribution >= 4 is 39.2 Å². The third-order valence-electron chi connectivity index (χ3n) is 2.42. The normalized spacial score (nSPS) is 10.1. The van der Waals surface area contributed by atoms with Crippen molar-refractivity contribution < 1.29 is 9.63 Å². The molecule has 2 N–H and O–H groups in total. The molecule has 4 nitrogen and oxygen atoms in total. The topological polar surface area (TPSA) is 50.4 Å². The Hall–Kier alpha value is -1.56. The number of urea groups is 1. The van der Waals surface area contributed by atoms with E-state index >= 15 is 0 Å². The fourth-order valence-corrected chi connectivity index (χ4v) is 1.92. The van der Waals surface area contributed by atoms with Gasteiger partial charge in [-0.05, 0) is 39.7 Å². The second-order valence-corrected chi connectivity index (χ2v) is 5.22. The van der Waals surface area contributed by atoms with Crippen molar-refractivity contribution in [1.82, 2.24) is 5.48 Å². The van der Waals surface area contributed by atoms with Gasteiger partial charge in [0.2, 0.25) is 0 Å². The summed E-state index contributed by atoms with van der Waals surface area (Å²) in [6.45, 7) is 0.301. The van der Waals surface area contributed by atoms with Crippen LogP contribution in [-0.2, 0) is 11.4 Å². The van der Waals surface area contributed by atoms with Gasteiger partial charge in [-0.2, -0.15) is 0 Å². The van der Waals surface area contributed by atoms with Crippen molar-refractivity contribution in [3.8, 4) is 0 Å². The monoisotopic (exact) mass is 354 g/mol.